The van der Waals surface area contributed by atoms with E-state index in [1.54, 1.807) is 17.3 Å². The van der Waals surface area contributed by atoms with Gasteiger partial charge in [-0.2, -0.15) is 0 Å². The first-order valence-corrected chi connectivity index (χ1v) is 8.44. The van der Waals surface area contributed by atoms with Crippen LogP contribution in [0.1, 0.15) is 36.2 Å². The van der Waals surface area contributed by atoms with Crippen LogP contribution in [0.3, 0.4) is 0 Å². The summed E-state index contributed by atoms with van der Waals surface area (Å²) in [7, 11) is 1.74. The summed E-state index contributed by atoms with van der Waals surface area (Å²) in [5.41, 5.74) is 0.749. The van der Waals surface area contributed by atoms with Crippen LogP contribution in [-0.4, -0.2) is 40.1 Å². The molecule has 0 aliphatic heterocycles. The minimum absolute atomic E-state index is 0.126. The molecule has 0 saturated heterocycles. The minimum atomic E-state index is -0.720. The van der Waals surface area contributed by atoms with Crippen molar-refractivity contribution in [3.8, 4) is 10.6 Å². The van der Waals surface area contributed by atoms with Crippen LogP contribution < -0.4 is 0 Å². The molecule has 4 nitrogen and oxygen atoms in total. The Bertz CT molecular complexity index is 648. The zero-order valence-electron chi connectivity index (χ0n) is 12.7. The van der Waals surface area contributed by atoms with Gasteiger partial charge in [-0.1, -0.05) is 43.2 Å². The van der Waals surface area contributed by atoms with Gasteiger partial charge in [0.05, 0.1) is 5.60 Å². The summed E-state index contributed by atoms with van der Waals surface area (Å²) in [5.74, 6) is -0.126. The van der Waals surface area contributed by atoms with E-state index >= 15 is 0 Å². The van der Waals surface area contributed by atoms with Crippen molar-refractivity contribution >= 4 is 17.2 Å². The lowest BCUT2D eigenvalue weighted by Gasteiger charge is -2.28. The van der Waals surface area contributed by atoms with E-state index in [1.807, 2.05) is 30.3 Å². The highest BCUT2D eigenvalue weighted by molar-refractivity contribution is 7.13. The molecule has 0 spiro atoms. The number of hydrogen-bond acceptors (Lipinski definition) is 4. The summed E-state index contributed by atoms with van der Waals surface area (Å²) in [6, 6.07) is 9.84. The molecular weight excluding hydrogens is 296 g/mol. The molecule has 1 aliphatic rings. The molecule has 0 unspecified atom stereocenters. The number of aliphatic hydroxyl groups is 1. The number of carbonyl (C=O) groups excluding carboxylic acids is 1. The van der Waals surface area contributed by atoms with E-state index in [1.165, 1.54) is 11.3 Å². The van der Waals surface area contributed by atoms with Crippen LogP contribution in [0.5, 0.6) is 0 Å². The fourth-order valence-corrected chi connectivity index (χ4v) is 3.79. The smallest absolute Gasteiger partial charge is 0.273 e. The molecule has 1 amide bonds. The fourth-order valence-electron chi connectivity index (χ4n) is 2.99. The molecule has 1 aliphatic carbocycles. The van der Waals surface area contributed by atoms with Gasteiger partial charge in [0, 0.05) is 24.5 Å². The van der Waals surface area contributed by atoms with Crippen LogP contribution in [-0.2, 0) is 0 Å². The number of likely N-dealkylation sites (N-methyl/N-ethyl adjacent to an activating group) is 1. The lowest BCUT2D eigenvalue weighted by atomic mass is 10.0. The average Bonchev–Trinajstić information content (AvgIpc) is 3.17. The molecule has 0 radical (unpaired) electrons. The van der Waals surface area contributed by atoms with Gasteiger partial charge in [-0.15, -0.1) is 11.3 Å². The summed E-state index contributed by atoms with van der Waals surface area (Å²) in [4.78, 5) is 18.5. The quantitative estimate of drug-likeness (QED) is 0.942. The molecule has 0 atom stereocenters. The normalized spacial score (nSPS) is 16.6. The molecule has 22 heavy (non-hydrogen) atoms. The van der Waals surface area contributed by atoms with E-state index in [0.29, 0.717) is 12.2 Å². The molecule has 1 aromatic heterocycles. The Balaban J connectivity index is 1.71. The topological polar surface area (TPSA) is 53.4 Å². The summed E-state index contributed by atoms with van der Waals surface area (Å²) in [6.45, 7) is 0.379. The Hall–Kier alpha value is -1.72. The number of hydrogen-bond donors (Lipinski definition) is 1. The second kappa shape index (κ2) is 6.18. The lowest BCUT2D eigenvalue weighted by Crippen LogP contribution is -2.42. The molecule has 1 N–H and O–H groups in total. The van der Waals surface area contributed by atoms with Crippen LogP contribution in [0, 0.1) is 0 Å². The second-order valence-corrected chi connectivity index (χ2v) is 6.85. The highest BCUT2D eigenvalue weighted by Crippen LogP contribution is 2.30. The van der Waals surface area contributed by atoms with Crippen molar-refractivity contribution in [2.24, 2.45) is 0 Å². The molecular formula is C17H20N2O2S. The molecule has 1 aromatic carbocycles. The molecule has 116 valence electrons. The van der Waals surface area contributed by atoms with Gasteiger partial charge in [0.1, 0.15) is 10.7 Å². The van der Waals surface area contributed by atoms with E-state index < -0.39 is 5.60 Å². The van der Waals surface area contributed by atoms with Gasteiger partial charge in [0.2, 0.25) is 0 Å². The van der Waals surface area contributed by atoms with Crippen molar-refractivity contribution in [1.82, 2.24) is 9.88 Å². The van der Waals surface area contributed by atoms with Crippen LogP contribution >= 0.6 is 11.3 Å². The largest absolute Gasteiger partial charge is 0.388 e. The Labute approximate surface area is 134 Å². The van der Waals surface area contributed by atoms with Crippen molar-refractivity contribution < 1.29 is 9.90 Å². The number of aromatic nitrogens is 1. The average molecular weight is 316 g/mol. The monoisotopic (exact) mass is 316 g/mol. The third kappa shape index (κ3) is 3.20. The van der Waals surface area contributed by atoms with Crippen molar-refractivity contribution in [3.63, 3.8) is 0 Å². The summed E-state index contributed by atoms with van der Waals surface area (Å²) < 4.78 is 0. The van der Waals surface area contributed by atoms with Crippen molar-refractivity contribution in [3.05, 3.63) is 41.4 Å². The number of thiazole rings is 1. The number of benzene rings is 1. The second-order valence-electron chi connectivity index (χ2n) is 6.00. The van der Waals surface area contributed by atoms with E-state index in [9.17, 15) is 9.90 Å². The van der Waals surface area contributed by atoms with Crippen LogP contribution in [0.2, 0.25) is 0 Å². The lowest BCUT2D eigenvalue weighted by molar-refractivity contribution is 0.0155. The third-order valence-corrected chi connectivity index (χ3v) is 5.05. The van der Waals surface area contributed by atoms with Crippen molar-refractivity contribution in [2.75, 3.05) is 13.6 Å². The number of rotatable bonds is 4. The summed E-state index contributed by atoms with van der Waals surface area (Å²) >= 11 is 1.47. The summed E-state index contributed by atoms with van der Waals surface area (Å²) in [6.07, 6.45) is 3.62. The number of carbonyl (C=O) groups is 1. The van der Waals surface area contributed by atoms with Crippen LogP contribution in [0.25, 0.3) is 10.6 Å². The number of nitrogens with zero attached hydrogens (tertiary/aromatic N) is 2. The van der Waals surface area contributed by atoms with Gasteiger partial charge >= 0.3 is 0 Å². The van der Waals surface area contributed by atoms with Crippen molar-refractivity contribution in [2.45, 2.75) is 31.3 Å². The Kier molecular flexibility index (Phi) is 4.27. The molecule has 1 heterocycles. The molecule has 5 heteroatoms. The Morgan fingerprint density at radius 2 is 2.00 bits per heavy atom. The first-order chi connectivity index (χ1) is 10.6. The maximum absolute atomic E-state index is 12.5. The maximum atomic E-state index is 12.5. The molecule has 3 rings (SSSR count). The highest BCUT2D eigenvalue weighted by atomic mass is 32.1. The zero-order chi connectivity index (χ0) is 15.6. The molecule has 1 saturated carbocycles. The summed E-state index contributed by atoms with van der Waals surface area (Å²) in [5, 5.41) is 13.1. The van der Waals surface area contributed by atoms with Gasteiger partial charge in [-0.25, -0.2) is 4.98 Å². The molecule has 2 aromatic rings. The zero-order valence-corrected chi connectivity index (χ0v) is 13.5. The Morgan fingerprint density at radius 3 is 2.68 bits per heavy atom. The van der Waals surface area contributed by atoms with Crippen molar-refractivity contribution in [1.29, 1.82) is 0 Å². The van der Waals surface area contributed by atoms with E-state index in [2.05, 4.69) is 4.98 Å². The fraction of sp³-hybridized carbons (Fsp3) is 0.412. The minimum Gasteiger partial charge on any atom is -0.388 e. The van der Waals surface area contributed by atoms with Crippen LogP contribution in [0.4, 0.5) is 0 Å². The van der Waals surface area contributed by atoms with Crippen LogP contribution in [0.15, 0.2) is 35.7 Å². The maximum Gasteiger partial charge on any atom is 0.273 e. The Morgan fingerprint density at radius 1 is 1.32 bits per heavy atom. The molecule has 0 bridgehead atoms. The SMILES string of the molecule is CN(CC1(O)CCCC1)C(=O)c1csc(-c2ccccc2)n1. The predicted octanol–water partition coefficient (Wildman–Crippen LogP) is 3.19. The third-order valence-electron chi connectivity index (χ3n) is 4.16. The van der Waals surface area contributed by atoms with Gasteiger partial charge in [-0.3, -0.25) is 4.79 Å². The van der Waals surface area contributed by atoms with Gasteiger partial charge in [0.25, 0.3) is 5.91 Å². The van der Waals surface area contributed by atoms with Gasteiger partial charge in [0.15, 0.2) is 0 Å². The number of amides is 1. The first kappa shape index (κ1) is 15.2. The predicted molar refractivity (Wildman–Crippen MR) is 87.9 cm³/mol. The standard InChI is InChI=1S/C17H20N2O2S/c1-19(12-17(21)9-5-6-10-17)16(20)14-11-22-15(18-14)13-7-3-2-4-8-13/h2-4,7-8,11,21H,5-6,9-10,12H2,1H3. The highest BCUT2D eigenvalue weighted by Gasteiger charge is 2.33. The van der Waals surface area contributed by atoms with E-state index in [-0.39, 0.29) is 5.91 Å². The van der Waals surface area contributed by atoms with Gasteiger partial charge in [-0.05, 0) is 12.8 Å². The van der Waals surface area contributed by atoms with Gasteiger partial charge < -0.3 is 10.0 Å². The van der Waals surface area contributed by atoms with E-state index in [0.717, 1.165) is 36.3 Å². The molecule has 1 fully saturated rings. The first-order valence-electron chi connectivity index (χ1n) is 7.56. The van der Waals surface area contributed by atoms with E-state index in [4.69, 9.17) is 0 Å².